The maximum atomic E-state index is 11.9. The van der Waals surface area contributed by atoms with E-state index in [4.69, 9.17) is 4.52 Å². The molecule has 0 aliphatic heterocycles. The zero-order valence-electron chi connectivity index (χ0n) is 13.9. The first-order valence-corrected chi connectivity index (χ1v) is 7.93. The van der Waals surface area contributed by atoms with Crippen LogP contribution in [0.3, 0.4) is 0 Å². The summed E-state index contributed by atoms with van der Waals surface area (Å²) in [6.45, 7) is 3.96. The number of benzene rings is 1. The lowest BCUT2D eigenvalue weighted by molar-refractivity contribution is 0.249. The molecule has 0 saturated heterocycles. The topological polar surface area (TPSA) is 106 Å². The van der Waals surface area contributed by atoms with Crippen LogP contribution in [-0.4, -0.2) is 32.2 Å². The Balaban J connectivity index is 1.76. The Kier molecular flexibility index (Phi) is 4.98. The van der Waals surface area contributed by atoms with Gasteiger partial charge in [-0.25, -0.2) is 9.78 Å². The van der Waals surface area contributed by atoms with E-state index in [1.807, 2.05) is 26.0 Å². The molecular weight excluding hydrogens is 320 g/mol. The predicted octanol–water partition coefficient (Wildman–Crippen LogP) is 3.11. The van der Waals surface area contributed by atoms with Gasteiger partial charge in [0.2, 0.25) is 5.82 Å². The number of carbonyl (C=O) groups is 1. The van der Waals surface area contributed by atoms with Crippen LogP contribution in [0.25, 0.3) is 23.0 Å². The minimum atomic E-state index is -0.250. The highest BCUT2D eigenvalue weighted by atomic mass is 16.5. The quantitative estimate of drug-likeness (QED) is 0.740. The van der Waals surface area contributed by atoms with Crippen LogP contribution in [0.1, 0.15) is 20.3 Å². The van der Waals surface area contributed by atoms with Gasteiger partial charge >= 0.3 is 6.03 Å². The highest BCUT2D eigenvalue weighted by Crippen LogP contribution is 2.22. The Morgan fingerprint density at radius 1 is 1.32 bits per heavy atom. The van der Waals surface area contributed by atoms with Crippen LogP contribution in [0.2, 0.25) is 0 Å². The van der Waals surface area contributed by atoms with E-state index in [0.717, 1.165) is 12.0 Å². The maximum absolute atomic E-state index is 11.9. The number of anilines is 1. The average molecular weight is 338 g/mol. The summed E-state index contributed by atoms with van der Waals surface area (Å²) in [6.07, 6.45) is 5.54. The van der Waals surface area contributed by atoms with E-state index in [1.165, 1.54) is 0 Å². The number of aromatic nitrogens is 4. The van der Waals surface area contributed by atoms with Crippen molar-refractivity contribution in [1.29, 1.82) is 0 Å². The monoisotopic (exact) mass is 338 g/mol. The van der Waals surface area contributed by atoms with E-state index in [1.54, 1.807) is 30.7 Å². The molecule has 25 heavy (non-hydrogen) atoms. The fraction of sp³-hybridized carbons (Fsp3) is 0.235. The molecule has 2 N–H and O–H groups in total. The molecule has 2 aromatic heterocycles. The van der Waals surface area contributed by atoms with Crippen LogP contribution < -0.4 is 10.6 Å². The molecule has 3 aromatic rings. The van der Waals surface area contributed by atoms with Crippen LogP contribution >= 0.6 is 0 Å². The van der Waals surface area contributed by atoms with E-state index in [2.05, 4.69) is 30.7 Å². The molecule has 8 heteroatoms. The van der Waals surface area contributed by atoms with Gasteiger partial charge in [-0.05, 0) is 25.5 Å². The van der Waals surface area contributed by atoms with Crippen LogP contribution in [0, 0.1) is 0 Å². The highest BCUT2D eigenvalue weighted by molar-refractivity contribution is 5.90. The standard InChI is InChI=1S/C17H18N6O2/c1-3-11(2)20-17(24)21-13-6-4-5-12(9-13)15-22-16(25-23-15)14-10-18-7-8-19-14/h4-11H,3H2,1-2H3,(H2,20,21,24)/t11-/m1/s1. The molecule has 3 rings (SSSR count). The molecule has 1 atom stereocenters. The largest absolute Gasteiger partial charge is 0.335 e. The number of nitrogens with zero attached hydrogens (tertiary/aromatic N) is 4. The van der Waals surface area contributed by atoms with Crippen molar-refractivity contribution in [2.24, 2.45) is 0 Å². The van der Waals surface area contributed by atoms with E-state index in [-0.39, 0.29) is 18.0 Å². The van der Waals surface area contributed by atoms with Crippen molar-refractivity contribution in [3.8, 4) is 23.0 Å². The molecule has 1 aromatic carbocycles. The van der Waals surface area contributed by atoms with Gasteiger partial charge in [-0.3, -0.25) is 4.98 Å². The summed E-state index contributed by atoms with van der Waals surface area (Å²) >= 11 is 0. The normalized spacial score (nSPS) is 11.8. The molecule has 128 valence electrons. The second-order valence-corrected chi connectivity index (χ2v) is 5.50. The molecule has 0 spiro atoms. The molecule has 8 nitrogen and oxygen atoms in total. The third-order valence-corrected chi connectivity index (χ3v) is 3.58. The van der Waals surface area contributed by atoms with Crippen LogP contribution in [0.5, 0.6) is 0 Å². The Morgan fingerprint density at radius 3 is 2.96 bits per heavy atom. The average Bonchev–Trinajstić information content (AvgIpc) is 3.12. The van der Waals surface area contributed by atoms with Gasteiger partial charge in [-0.15, -0.1) is 0 Å². The van der Waals surface area contributed by atoms with Gasteiger partial charge in [0.15, 0.2) is 0 Å². The molecule has 0 saturated carbocycles. The van der Waals surface area contributed by atoms with Gasteiger partial charge in [-0.1, -0.05) is 24.2 Å². The lowest BCUT2D eigenvalue weighted by atomic mass is 10.2. The molecular formula is C17H18N6O2. The number of amides is 2. The Morgan fingerprint density at radius 2 is 2.20 bits per heavy atom. The SMILES string of the molecule is CC[C@@H](C)NC(=O)Nc1cccc(-c2noc(-c3cnccn3)n2)c1. The first kappa shape index (κ1) is 16.6. The lowest BCUT2D eigenvalue weighted by Crippen LogP contribution is -2.35. The molecule has 2 amide bonds. The Bertz CT molecular complexity index is 849. The number of rotatable bonds is 5. The van der Waals surface area contributed by atoms with Gasteiger partial charge < -0.3 is 15.2 Å². The summed E-state index contributed by atoms with van der Waals surface area (Å²) in [5, 5.41) is 9.61. The van der Waals surface area contributed by atoms with Gasteiger partial charge in [0.25, 0.3) is 5.89 Å². The fourth-order valence-corrected chi connectivity index (χ4v) is 2.08. The molecule has 0 radical (unpaired) electrons. The number of carbonyl (C=O) groups excluding carboxylic acids is 1. The van der Waals surface area contributed by atoms with Crippen molar-refractivity contribution in [1.82, 2.24) is 25.4 Å². The molecule has 0 aliphatic rings. The summed E-state index contributed by atoms with van der Waals surface area (Å²) in [7, 11) is 0. The maximum Gasteiger partial charge on any atom is 0.319 e. The Hall–Kier alpha value is -3.29. The minimum absolute atomic E-state index is 0.106. The molecule has 2 heterocycles. The summed E-state index contributed by atoms with van der Waals surface area (Å²) in [4.78, 5) is 24.4. The van der Waals surface area contributed by atoms with Crippen molar-refractivity contribution >= 4 is 11.7 Å². The van der Waals surface area contributed by atoms with E-state index >= 15 is 0 Å². The Labute approximate surface area is 144 Å². The lowest BCUT2D eigenvalue weighted by Gasteiger charge is -2.12. The number of nitrogens with one attached hydrogen (secondary N) is 2. The van der Waals surface area contributed by atoms with Gasteiger partial charge in [0.1, 0.15) is 5.69 Å². The highest BCUT2D eigenvalue weighted by Gasteiger charge is 2.12. The zero-order valence-corrected chi connectivity index (χ0v) is 13.9. The van der Waals surface area contributed by atoms with Gasteiger partial charge in [-0.2, -0.15) is 4.98 Å². The van der Waals surface area contributed by atoms with E-state index < -0.39 is 0 Å². The fourth-order valence-electron chi connectivity index (χ4n) is 2.08. The first-order chi connectivity index (χ1) is 12.2. The number of urea groups is 1. The van der Waals surface area contributed by atoms with Gasteiger partial charge in [0, 0.05) is 29.7 Å². The second kappa shape index (κ2) is 7.52. The van der Waals surface area contributed by atoms with Crippen molar-refractivity contribution < 1.29 is 9.32 Å². The second-order valence-electron chi connectivity index (χ2n) is 5.50. The third-order valence-electron chi connectivity index (χ3n) is 3.58. The smallest absolute Gasteiger partial charge is 0.319 e. The number of hydrogen-bond donors (Lipinski definition) is 2. The van der Waals surface area contributed by atoms with E-state index in [9.17, 15) is 4.79 Å². The van der Waals surface area contributed by atoms with Crippen LogP contribution in [-0.2, 0) is 0 Å². The van der Waals surface area contributed by atoms with Crippen molar-refractivity contribution in [3.63, 3.8) is 0 Å². The summed E-state index contributed by atoms with van der Waals surface area (Å²) in [5.74, 6) is 0.697. The molecule has 0 fully saturated rings. The van der Waals surface area contributed by atoms with Crippen molar-refractivity contribution in [2.45, 2.75) is 26.3 Å². The predicted molar refractivity (Wildman–Crippen MR) is 92.7 cm³/mol. The first-order valence-electron chi connectivity index (χ1n) is 7.93. The van der Waals surface area contributed by atoms with Crippen LogP contribution in [0.15, 0.2) is 47.4 Å². The zero-order chi connectivity index (χ0) is 17.6. The minimum Gasteiger partial charge on any atom is -0.335 e. The summed E-state index contributed by atoms with van der Waals surface area (Å²) < 4.78 is 5.23. The van der Waals surface area contributed by atoms with Gasteiger partial charge in [0.05, 0.1) is 6.20 Å². The molecule has 0 bridgehead atoms. The van der Waals surface area contributed by atoms with Crippen LogP contribution in [0.4, 0.5) is 10.5 Å². The van der Waals surface area contributed by atoms with E-state index in [0.29, 0.717) is 17.2 Å². The third kappa shape index (κ3) is 4.17. The molecule has 0 unspecified atom stereocenters. The molecule has 0 aliphatic carbocycles. The summed E-state index contributed by atoms with van der Waals surface area (Å²) in [6, 6.07) is 7.08. The summed E-state index contributed by atoms with van der Waals surface area (Å²) in [5.41, 5.74) is 1.87. The van der Waals surface area contributed by atoms with Crippen molar-refractivity contribution in [2.75, 3.05) is 5.32 Å². The number of hydrogen-bond acceptors (Lipinski definition) is 6. The van der Waals surface area contributed by atoms with Crippen molar-refractivity contribution in [3.05, 3.63) is 42.9 Å².